The molecule has 4 aromatic carbocycles. The van der Waals surface area contributed by atoms with Gasteiger partial charge in [-0.2, -0.15) is 0 Å². The Kier molecular flexibility index (Phi) is 14.0. The summed E-state index contributed by atoms with van der Waals surface area (Å²) in [5.74, 6) is 0.734. The predicted octanol–water partition coefficient (Wildman–Crippen LogP) is 6.84. The topological polar surface area (TPSA) is 204 Å². The number of fused-ring (bicyclic) bond motifs is 2. The molecule has 5 amide bonds. The molecule has 0 spiro atoms. The van der Waals surface area contributed by atoms with Gasteiger partial charge in [0.2, 0.25) is 5.91 Å². The van der Waals surface area contributed by atoms with Gasteiger partial charge in [-0.25, -0.2) is 24.2 Å². The number of carbonyl (C=O) groups excluding carboxylic acids is 4. The van der Waals surface area contributed by atoms with Gasteiger partial charge in [-0.1, -0.05) is 94.3 Å². The Morgan fingerprint density at radius 3 is 1.72 bits per heavy atom. The standard InChI is InChI=1S/C22H24ClN5O3.C20H18ClN5O2.ClH2N/c1-2-31-19(29)12-25-22(30)24-11-14-5-7-16(8-6-14)17-9-10-18-21(20(17)23)26-27-28(18)13-15-3-4-15;21-18-15(7-8-16-19(18)23-24-26(16)11-13-1-2-13)14-5-3-12(4-6-14)10-25-17(27)9-22-20(25)28;1-2/h5-10,15H,2-4,11-13H2,1H3,(H2,24,25,30);3-8,13H,1-2,9-11H2,(H,22,28);2H2. The number of rotatable bonds is 13. The molecule has 3 fully saturated rings. The van der Waals surface area contributed by atoms with Gasteiger partial charge in [-0.05, 0) is 90.6 Å². The third kappa shape index (κ3) is 10.6. The lowest BCUT2D eigenvalue weighted by Gasteiger charge is -2.13. The van der Waals surface area contributed by atoms with Crippen LogP contribution in [0, 0.1) is 11.8 Å². The number of ether oxygens (including phenoxy) is 1. The van der Waals surface area contributed by atoms with Crippen molar-refractivity contribution in [3.05, 3.63) is 94.0 Å². The molecule has 1 aliphatic heterocycles. The third-order valence-corrected chi connectivity index (χ3v) is 11.2. The molecule has 1 saturated heterocycles. The van der Waals surface area contributed by atoms with E-state index in [0.717, 1.165) is 57.5 Å². The van der Waals surface area contributed by atoms with E-state index >= 15 is 0 Å². The van der Waals surface area contributed by atoms with Crippen molar-refractivity contribution in [3.63, 3.8) is 0 Å². The Labute approximate surface area is 366 Å². The molecule has 19 heteroatoms. The maximum atomic E-state index is 11.8. The SMILES string of the molecule is CCOC(=O)CNC(=O)NCc1ccc(-c2ccc3c(nnn3CC3CC3)c2Cl)cc1.NCl.O=C1CNC(=O)N1Cc1ccc(-c2ccc3c(nnn3CC3CC3)c2Cl)cc1. The van der Waals surface area contributed by atoms with Crippen molar-refractivity contribution in [2.45, 2.75) is 58.8 Å². The van der Waals surface area contributed by atoms with Gasteiger partial charge in [0.25, 0.3) is 0 Å². The number of hydrogen-bond acceptors (Lipinski definition) is 10. The zero-order valence-corrected chi connectivity index (χ0v) is 35.5. The molecule has 16 nitrogen and oxygen atoms in total. The molecule has 0 radical (unpaired) electrons. The number of amides is 5. The van der Waals surface area contributed by atoms with Crippen LogP contribution >= 0.6 is 35.0 Å². The van der Waals surface area contributed by atoms with Gasteiger partial charge in [0.15, 0.2) is 0 Å². The summed E-state index contributed by atoms with van der Waals surface area (Å²) in [6.07, 6.45) is 5.01. The Bertz CT molecular complexity index is 2520. The van der Waals surface area contributed by atoms with Crippen LogP contribution in [0.4, 0.5) is 9.59 Å². The molecule has 0 bridgehead atoms. The Balaban J connectivity index is 0.000000178. The van der Waals surface area contributed by atoms with E-state index in [1.54, 1.807) is 6.92 Å². The van der Waals surface area contributed by atoms with E-state index in [-0.39, 0.29) is 38.2 Å². The van der Waals surface area contributed by atoms with Crippen molar-refractivity contribution in [3.8, 4) is 22.3 Å². The van der Waals surface area contributed by atoms with Crippen molar-refractivity contribution in [1.82, 2.24) is 50.8 Å². The van der Waals surface area contributed by atoms with E-state index in [1.165, 1.54) is 30.6 Å². The number of esters is 1. The van der Waals surface area contributed by atoms with Gasteiger partial charge >= 0.3 is 18.0 Å². The normalized spacial score (nSPS) is 14.5. The molecule has 2 aliphatic carbocycles. The molecule has 0 atom stereocenters. The molecule has 0 unspecified atom stereocenters. The molecule has 61 heavy (non-hydrogen) atoms. The highest BCUT2D eigenvalue weighted by Crippen LogP contribution is 2.37. The molecule has 3 aliphatic rings. The zero-order chi connectivity index (χ0) is 43.0. The second kappa shape index (κ2) is 19.7. The summed E-state index contributed by atoms with van der Waals surface area (Å²) >= 11 is 17.4. The number of nitrogens with two attached hydrogens (primary N) is 1. The number of halogens is 3. The Morgan fingerprint density at radius 1 is 0.754 bits per heavy atom. The van der Waals surface area contributed by atoms with Crippen LogP contribution in [0.3, 0.4) is 0 Å². The third-order valence-electron chi connectivity index (χ3n) is 10.5. The second-order valence-electron chi connectivity index (χ2n) is 14.9. The van der Waals surface area contributed by atoms with Crippen molar-refractivity contribution in [2.75, 3.05) is 19.7 Å². The zero-order valence-electron chi connectivity index (χ0n) is 33.2. The summed E-state index contributed by atoms with van der Waals surface area (Å²) < 4.78 is 8.63. The fraction of sp³-hybridized carbons (Fsp3) is 0.333. The minimum Gasteiger partial charge on any atom is -0.465 e. The number of aromatic nitrogens is 6. The number of imide groups is 1. The van der Waals surface area contributed by atoms with Crippen LogP contribution in [-0.2, 0) is 40.5 Å². The second-order valence-corrected chi connectivity index (χ2v) is 15.6. The van der Waals surface area contributed by atoms with Gasteiger partial charge in [-0.15, -0.1) is 10.2 Å². The monoisotopic (exact) mass is 887 g/mol. The molecule has 5 N–H and O–H groups in total. The van der Waals surface area contributed by atoms with Gasteiger partial charge in [-0.3, -0.25) is 14.5 Å². The molecule has 9 rings (SSSR count). The number of benzene rings is 4. The van der Waals surface area contributed by atoms with Crippen LogP contribution < -0.4 is 21.2 Å². The van der Waals surface area contributed by atoms with Crippen LogP contribution in [-0.4, -0.2) is 78.5 Å². The summed E-state index contributed by atoms with van der Waals surface area (Å²) in [6, 6.07) is 22.7. The summed E-state index contributed by atoms with van der Waals surface area (Å²) in [7, 11) is 0. The number of urea groups is 2. The maximum Gasteiger partial charge on any atom is 0.325 e. The van der Waals surface area contributed by atoms with E-state index < -0.39 is 12.0 Å². The lowest BCUT2D eigenvalue weighted by Crippen LogP contribution is -2.38. The van der Waals surface area contributed by atoms with Gasteiger partial charge in [0.1, 0.15) is 17.6 Å². The number of nitrogens with one attached hydrogen (secondary N) is 3. The number of carbonyl (C=O) groups is 4. The van der Waals surface area contributed by atoms with Crippen molar-refractivity contribution in [2.24, 2.45) is 17.1 Å². The van der Waals surface area contributed by atoms with E-state index in [1.807, 2.05) is 82.2 Å². The fourth-order valence-electron chi connectivity index (χ4n) is 6.81. The van der Waals surface area contributed by atoms with Crippen molar-refractivity contribution in [1.29, 1.82) is 0 Å². The first-order valence-corrected chi connectivity index (χ1v) is 21.0. The van der Waals surface area contributed by atoms with Crippen LogP contribution in [0.25, 0.3) is 44.3 Å². The molecule has 2 aromatic heterocycles. The summed E-state index contributed by atoms with van der Waals surface area (Å²) in [6.45, 7) is 4.27. The molecular formula is C42H44Cl3N11O5. The van der Waals surface area contributed by atoms with Gasteiger partial charge in [0.05, 0.1) is 40.8 Å². The Morgan fingerprint density at radius 2 is 1.26 bits per heavy atom. The summed E-state index contributed by atoms with van der Waals surface area (Å²) in [4.78, 5) is 47.7. The van der Waals surface area contributed by atoms with Crippen LogP contribution in [0.2, 0.25) is 10.0 Å². The molecule has 6 aromatic rings. The first-order valence-electron chi connectivity index (χ1n) is 19.8. The quantitative estimate of drug-likeness (QED) is 0.0540. The molecule has 2 saturated carbocycles. The van der Waals surface area contributed by atoms with E-state index in [9.17, 15) is 19.2 Å². The number of nitrogens with zero attached hydrogens (tertiary/aromatic N) is 7. The first kappa shape index (κ1) is 43.3. The summed E-state index contributed by atoms with van der Waals surface area (Å²) in [5.41, 5.74) is 8.81. The highest BCUT2D eigenvalue weighted by atomic mass is 35.5. The average molecular weight is 889 g/mol. The first-order chi connectivity index (χ1) is 29.6. The van der Waals surface area contributed by atoms with E-state index in [0.29, 0.717) is 39.5 Å². The maximum absolute atomic E-state index is 11.8. The average Bonchev–Trinajstić information content (AvgIpc) is 4.18. The molecular weight excluding hydrogens is 845 g/mol. The van der Waals surface area contributed by atoms with Crippen molar-refractivity contribution < 1.29 is 23.9 Å². The highest BCUT2D eigenvalue weighted by Gasteiger charge is 2.29. The lowest BCUT2D eigenvalue weighted by atomic mass is 10.0. The summed E-state index contributed by atoms with van der Waals surface area (Å²) in [5, 5.41) is 29.9. The predicted molar refractivity (Wildman–Crippen MR) is 232 cm³/mol. The minimum absolute atomic E-state index is 0.0635. The van der Waals surface area contributed by atoms with Crippen molar-refractivity contribution >= 4 is 81.0 Å². The van der Waals surface area contributed by atoms with Gasteiger partial charge < -0.3 is 20.7 Å². The van der Waals surface area contributed by atoms with Crippen LogP contribution in [0.5, 0.6) is 0 Å². The fourth-order valence-corrected chi connectivity index (χ4v) is 7.43. The highest BCUT2D eigenvalue weighted by molar-refractivity contribution is 6.38. The number of hydrogen-bond donors (Lipinski definition) is 4. The molecule has 318 valence electrons. The largest absolute Gasteiger partial charge is 0.465 e. The van der Waals surface area contributed by atoms with Crippen LogP contribution in [0.1, 0.15) is 43.7 Å². The van der Waals surface area contributed by atoms with Crippen LogP contribution in [0.15, 0.2) is 72.8 Å². The lowest BCUT2D eigenvalue weighted by molar-refractivity contribution is -0.141. The van der Waals surface area contributed by atoms with E-state index in [2.05, 4.69) is 53.6 Å². The molecule has 3 heterocycles. The smallest absolute Gasteiger partial charge is 0.325 e. The minimum atomic E-state index is -0.469. The van der Waals surface area contributed by atoms with E-state index in [4.69, 9.17) is 27.9 Å². The van der Waals surface area contributed by atoms with Gasteiger partial charge in [0, 0.05) is 30.8 Å². The Hall–Kier alpha value is -5.81.